The second-order valence-corrected chi connectivity index (χ2v) is 4.60. The Morgan fingerprint density at radius 2 is 2.07 bits per heavy atom. The van der Waals surface area contributed by atoms with Crippen molar-refractivity contribution in [3.8, 4) is 0 Å². The molecule has 0 bridgehead atoms. The van der Waals surface area contributed by atoms with Gasteiger partial charge in [0.1, 0.15) is 0 Å². The lowest BCUT2D eigenvalue weighted by atomic mass is 10.0. The van der Waals surface area contributed by atoms with Gasteiger partial charge in [-0.1, -0.05) is 26.7 Å². The summed E-state index contributed by atoms with van der Waals surface area (Å²) in [5.41, 5.74) is 1.96. The highest BCUT2D eigenvalue weighted by atomic mass is 16.3. The first-order chi connectivity index (χ1) is 7.09. The summed E-state index contributed by atoms with van der Waals surface area (Å²) in [7, 11) is 0. The Morgan fingerprint density at radius 1 is 1.33 bits per heavy atom. The summed E-state index contributed by atoms with van der Waals surface area (Å²) in [5.74, 6) is 0.711. The second kappa shape index (κ2) is 5.86. The minimum atomic E-state index is -0.399. The molecule has 2 nitrogen and oxygen atoms in total. The zero-order valence-corrected chi connectivity index (χ0v) is 9.90. The lowest BCUT2D eigenvalue weighted by Gasteiger charge is -2.11. The van der Waals surface area contributed by atoms with Crippen LogP contribution in [0.15, 0.2) is 18.3 Å². The molecule has 2 heteroatoms. The van der Waals surface area contributed by atoms with Crippen molar-refractivity contribution in [3.05, 3.63) is 29.6 Å². The molecule has 0 saturated heterocycles. The summed E-state index contributed by atoms with van der Waals surface area (Å²) in [6.45, 7) is 6.43. The average Bonchev–Trinajstić information content (AvgIpc) is 2.17. The third-order valence-corrected chi connectivity index (χ3v) is 2.54. The molecule has 0 radical (unpaired) electrons. The molecule has 0 amide bonds. The normalized spacial score (nSPS) is 13.1. The molecule has 1 aromatic rings. The first-order valence-corrected chi connectivity index (χ1v) is 5.70. The molecule has 1 rings (SSSR count). The molecule has 0 aliphatic carbocycles. The number of pyridine rings is 1. The van der Waals surface area contributed by atoms with Crippen molar-refractivity contribution in [2.75, 3.05) is 0 Å². The number of aryl methyl sites for hydroxylation is 1. The van der Waals surface area contributed by atoms with Crippen LogP contribution >= 0.6 is 0 Å². The van der Waals surface area contributed by atoms with Crippen LogP contribution in [-0.4, -0.2) is 10.1 Å². The second-order valence-electron chi connectivity index (χ2n) is 4.60. The molecule has 0 aliphatic heterocycles. The van der Waals surface area contributed by atoms with Crippen LogP contribution in [0.2, 0.25) is 0 Å². The third kappa shape index (κ3) is 4.43. The van der Waals surface area contributed by atoms with Crippen molar-refractivity contribution in [2.45, 2.75) is 46.1 Å². The van der Waals surface area contributed by atoms with E-state index in [1.165, 1.54) is 6.42 Å². The fraction of sp³-hybridized carbons (Fsp3) is 0.615. The van der Waals surface area contributed by atoms with Gasteiger partial charge in [-0.25, -0.2) is 0 Å². The molecule has 1 aromatic heterocycles. The maximum atomic E-state index is 9.90. The smallest absolute Gasteiger partial charge is 0.0959 e. The molecule has 1 unspecified atom stereocenters. The summed E-state index contributed by atoms with van der Waals surface area (Å²) < 4.78 is 0. The van der Waals surface area contributed by atoms with Gasteiger partial charge in [-0.2, -0.15) is 0 Å². The Kier molecular flexibility index (Phi) is 4.76. The van der Waals surface area contributed by atoms with Crippen molar-refractivity contribution < 1.29 is 5.11 Å². The van der Waals surface area contributed by atoms with Crippen LogP contribution in [0.25, 0.3) is 0 Å². The van der Waals surface area contributed by atoms with E-state index in [2.05, 4.69) is 18.8 Å². The largest absolute Gasteiger partial charge is 0.387 e. The van der Waals surface area contributed by atoms with Crippen molar-refractivity contribution >= 4 is 0 Å². The molecule has 0 spiro atoms. The van der Waals surface area contributed by atoms with Gasteiger partial charge in [0.25, 0.3) is 0 Å². The standard InChI is InChI=1S/C13H21NO/c1-10(2)5-4-6-13(15)12-9-11(3)7-8-14-12/h7-10,13,15H,4-6H2,1-3H3. The number of aliphatic hydroxyl groups excluding tert-OH is 1. The Bertz CT molecular complexity index is 296. The van der Waals surface area contributed by atoms with Crippen LogP contribution in [0, 0.1) is 12.8 Å². The van der Waals surface area contributed by atoms with E-state index >= 15 is 0 Å². The third-order valence-electron chi connectivity index (χ3n) is 2.54. The number of aromatic nitrogens is 1. The fourth-order valence-electron chi connectivity index (χ4n) is 1.61. The summed E-state index contributed by atoms with van der Waals surface area (Å²) >= 11 is 0. The maximum Gasteiger partial charge on any atom is 0.0959 e. The van der Waals surface area contributed by atoms with Gasteiger partial charge in [-0.05, 0) is 37.0 Å². The highest BCUT2D eigenvalue weighted by Gasteiger charge is 2.08. The molecular weight excluding hydrogens is 186 g/mol. The van der Waals surface area contributed by atoms with Crippen LogP contribution in [0.3, 0.4) is 0 Å². The molecule has 0 saturated carbocycles. The maximum absolute atomic E-state index is 9.90. The van der Waals surface area contributed by atoms with E-state index in [9.17, 15) is 5.11 Å². The predicted octanol–water partition coefficient (Wildman–Crippen LogP) is 3.25. The Balaban J connectivity index is 2.43. The zero-order chi connectivity index (χ0) is 11.3. The van der Waals surface area contributed by atoms with Gasteiger partial charge >= 0.3 is 0 Å². The van der Waals surface area contributed by atoms with E-state index in [1.807, 2.05) is 19.1 Å². The molecule has 15 heavy (non-hydrogen) atoms. The fourth-order valence-corrected chi connectivity index (χ4v) is 1.61. The average molecular weight is 207 g/mol. The van der Waals surface area contributed by atoms with Crippen LogP contribution in [0.4, 0.5) is 0 Å². The van der Waals surface area contributed by atoms with Gasteiger partial charge in [0.15, 0.2) is 0 Å². The minimum Gasteiger partial charge on any atom is -0.387 e. The van der Waals surface area contributed by atoms with E-state index in [0.29, 0.717) is 5.92 Å². The molecular formula is C13H21NO. The van der Waals surface area contributed by atoms with E-state index in [4.69, 9.17) is 0 Å². The summed E-state index contributed by atoms with van der Waals surface area (Å²) in [6.07, 6.45) is 4.41. The Labute approximate surface area is 92.4 Å². The van der Waals surface area contributed by atoms with Gasteiger partial charge in [0.05, 0.1) is 11.8 Å². The van der Waals surface area contributed by atoms with Crippen LogP contribution in [-0.2, 0) is 0 Å². The molecule has 0 aliphatic rings. The van der Waals surface area contributed by atoms with Gasteiger partial charge in [0.2, 0.25) is 0 Å². The van der Waals surface area contributed by atoms with E-state index in [-0.39, 0.29) is 0 Å². The van der Waals surface area contributed by atoms with E-state index < -0.39 is 6.10 Å². The van der Waals surface area contributed by atoms with Crippen molar-refractivity contribution in [1.29, 1.82) is 0 Å². The number of hydrogen-bond donors (Lipinski definition) is 1. The Morgan fingerprint density at radius 3 is 2.67 bits per heavy atom. The lowest BCUT2D eigenvalue weighted by Crippen LogP contribution is -2.01. The Hall–Kier alpha value is -0.890. The van der Waals surface area contributed by atoms with E-state index in [0.717, 1.165) is 24.1 Å². The quantitative estimate of drug-likeness (QED) is 0.804. The molecule has 1 N–H and O–H groups in total. The van der Waals surface area contributed by atoms with Crippen molar-refractivity contribution in [2.24, 2.45) is 5.92 Å². The molecule has 84 valence electrons. The first kappa shape index (κ1) is 12.2. The molecule has 0 fully saturated rings. The SMILES string of the molecule is Cc1ccnc(C(O)CCCC(C)C)c1. The van der Waals surface area contributed by atoms with Crippen LogP contribution < -0.4 is 0 Å². The van der Waals surface area contributed by atoms with Crippen molar-refractivity contribution in [1.82, 2.24) is 4.98 Å². The van der Waals surface area contributed by atoms with Crippen molar-refractivity contribution in [3.63, 3.8) is 0 Å². The van der Waals surface area contributed by atoms with Gasteiger partial charge in [0, 0.05) is 6.20 Å². The monoisotopic (exact) mass is 207 g/mol. The highest BCUT2D eigenvalue weighted by molar-refractivity contribution is 5.15. The number of aliphatic hydroxyl groups is 1. The van der Waals surface area contributed by atoms with Crippen LogP contribution in [0.1, 0.15) is 50.5 Å². The minimum absolute atomic E-state index is 0.399. The van der Waals surface area contributed by atoms with Gasteiger partial charge < -0.3 is 5.11 Å². The van der Waals surface area contributed by atoms with Crippen LogP contribution in [0.5, 0.6) is 0 Å². The highest BCUT2D eigenvalue weighted by Crippen LogP contribution is 2.19. The predicted molar refractivity (Wildman–Crippen MR) is 62.6 cm³/mol. The number of hydrogen-bond acceptors (Lipinski definition) is 2. The summed E-state index contributed by atoms with van der Waals surface area (Å²) in [4.78, 5) is 4.19. The number of rotatable bonds is 5. The van der Waals surface area contributed by atoms with Gasteiger partial charge in [-0.15, -0.1) is 0 Å². The molecule has 0 aromatic carbocycles. The number of nitrogens with zero attached hydrogens (tertiary/aromatic N) is 1. The lowest BCUT2D eigenvalue weighted by molar-refractivity contribution is 0.157. The zero-order valence-electron chi connectivity index (χ0n) is 9.90. The molecule has 1 atom stereocenters. The first-order valence-electron chi connectivity index (χ1n) is 5.70. The topological polar surface area (TPSA) is 33.1 Å². The van der Waals surface area contributed by atoms with Gasteiger partial charge in [-0.3, -0.25) is 4.98 Å². The molecule has 1 heterocycles. The summed E-state index contributed by atoms with van der Waals surface area (Å²) in [6, 6.07) is 3.91. The summed E-state index contributed by atoms with van der Waals surface area (Å²) in [5, 5.41) is 9.90. The van der Waals surface area contributed by atoms with E-state index in [1.54, 1.807) is 6.20 Å².